The number of carbonyl (C=O) groups excluding carboxylic acids is 1. The number of likely N-dealkylation sites (N-methyl/N-ethyl adjacent to an activating group) is 1. The Balaban J connectivity index is 2.06. The van der Waals surface area contributed by atoms with Crippen molar-refractivity contribution in [2.45, 2.75) is 12.5 Å². The highest BCUT2D eigenvalue weighted by atomic mass is 19.1. The fraction of sp³-hybridized carbons (Fsp3) is 0.385. The molecule has 21 heavy (non-hydrogen) atoms. The molecular weight excluding hydrogens is 284 g/mol. The number of carboxylic acid groups (broad SMARTS) is 1. The predicted molar refractivity (Wildman–Crippen MR) is 71.4 cm³/mol. The number of halogens is 2. The summed E-state index contributed by atoms with van der Waals surface area (Å²) >= 11 is 0. The summed E-state index contributed by atoms with van der Waals surface area (Å²) in [5.74, 6) is -3.76. The molecule has 1 unspecified atom stereocenters. The van der Waals surface area contributed by atoms with Crippen molar-refractivity contribution in [3.05, 3.63) is 29.3 Å². The van der Waals surface area contributed by atoms with Crippen LogP contribution in [0.5, 0.6) is 0 Å². The summed E-state index contributed by atoms with van der Waals surface area (Å²) in [6.07, 6.45) is 0.774. The van der Waals surface area contributed by atoms with Crippen LogP contribution in [0.4, 0.5) is 19.3 Å². The maximum atomic E-state index is 13.5. The predicted octanol–water partition coefficient (Wildman–Crippen LogP) is 1.49. The maximum absolute atomic E-state index is 13.5. The first-order valence-electron chi connectivity index (χ1n) is 6.35. The molecule has 1 aromatic rings. The lowest BCUT2D eigenvalue weighted by molar-refractivity contribution is 0.0692. The van der Waals surface area contributed by atoms with Crippen molar-refractivity contribution in [2.24, 2.45) is 0 Å². The average molecular weight is 299 g/mol. The van der Waals surface area contributed by atoms with Gasteiger partial charge in [0.2, 0.25) is 0 Å². The van der Waals surface area contributed by atoms with E-state index in [1.807, 2.05) is 11.9 Å². The van der Waals surface area contributed by atoms with E-state index < -0.39 is 29.2 Å². The minimum absolute atomic E-state index is 0.0579. The van der Waals surface area contributed by atoms with Crippen LogP contribution in [-0.4, -0.2) is 48.2 Å². The second-order valence-corrected chi connectivity index (χ2v) is 4.96. The highest BCUT2D eigenvalue weighted by Crippen LogP contribution is 2.19. The fourth-order valence-corrected chi connectivity index (χ4v) is 2.21. The molecule has 0 aliphatic carbocycles. The number of hydrogen-bond donors (Lipinski definition) is 3. The molecule has 1 aromatic carbocycles. The van der Waals surface area contributed by atoms with Crippen molar-refractivity contribution >= 4 is 17.7 Å². The maximum Gasteiger partial charge on any atom is 0.338 e. The Kier molecular flexibility index (Phi) is 4.37. The molecule has 0 saturated carbocycles. The van der Waals surface area contributed by atoms with Crippen LogP contribution in [0, 0.1) is 11.6 Å². The van der Waals surface area contributed by atoms with Gasteiger partial charge in [-0.3, -0.25) is 0 Å². The Labute approximate surface area is 119 Å². The third-order valence-electron chi connectivity index (χ3n) is 3.26. The normalized spacial score (nSPS) is 18.5. The van der Waals surface area contributed by atoms with E-state index in [2.05, 4.69) is 10.6 Å². The van der Waals surface area contributed by atoms with Gasteiger partial charge in [0.25, 0.3) is 0 Å². The first-order valence-corrected chi connectivity index (χ1v) is 6.35. The van der Waals surface area contributed by atoms with Gasteiger partial charge in [-0.1, -0.05) is 0 Å². The van der Waals surface area contributed by atoms with Crippen LogP contribution in [0.15, 0.2) is 12.1 Å². The van der Waals surface area contributed by atoms with Crippen molar-refractivity contribution in [2.75, 3.05) is 25.5 Å². The van der Waals surface area contributed by atoms with Crippen molar-refractivity contribution < 1.29 is 23.5 Å². The number of rotatable bonds is 3. The number of benzene rings is 1. The zero-order valence-electron chi connectivity index (χ0n) is 11.3. The van der Waals surface area contributed by atoms with Gasteiger partial charge in [-0.25, -0.2) is 18.4 Å². The minimum Gasteiger partial charge on any atom is -0.478 e. The van der Waals surface area contributed by atoms with E-state index in [1.54, 1.807) is 0 Å². The Morgan fingerprint density at radius 2 is 2.05 bits per heavy atom. The van der Waals surface area contributed by atoms with Crippen molar-refractivity contribution in [1.29, 1.82) is 0 Å². The molecule has 1 aliphatic heterocycles. The zero-order valence-corrected chi connectivity index (χ0v) is 11.3. The van der Waals surface area contributed by atoms with Crippen molar-refractivity contribution in [3.63, 3.8) is 0 Å². The molecule has 114 valence electrons. The van der Waals surface area contributed by atoms with Crippen molar-refractivity contribution in [1.82, 2.24) is 10.2 Å². The second kappa shape index (κ2) is 6.04. The summed E-state index contributed by atoms with van der Waals surface area (Å²) in [7, 11) is 1.92. The smallest absolute Gasteiger partial charge is 0.338 e. The van der Waals surface area contributed by atoms with Crippen LogP contribution in [-0.2, 0) is 0 Å². The first kappa shape index (κ1) is 15.2. The van der Waals surface area contributed by atoms with E-state index >= 15 is 0 Å². The Bertz CT molecular complexity index is 580. The van der Waals surface area contributed by atoms with Crippen LogP contribution in [0.25, 0.3) is 0 Å². The van der Waals surface area contributed by atoms with Gasteiger partial charge >= 0.3 is 12.0 Å². The SMILES string of the molecule is CN1CCC(NC(=O)Nc2cc(C(=O)O)c(F)cc2F)C1. The molecule has 2 rings (SSSR count). The third kappa shape index (κ3) is 3.66. The minimum atomic E-state index is -1.53. The Hall–Kier alpha value is -2.22. The molecule has 3 N–H and O–H groups in total. The molecule has 0 radical (unpaired) electrons. The number of amides is 2. The quantitative estimate of drug-likeness (QED) is 0.790. The summed E-state index contributed by atoms with van der Waals surface area (Å²) in [4.78, 5) is 24.6. The van der Waals surface area contributed by atoms with Gasteiger partial charge in [-0.05, 0) is 26.1 Å². The van der Waals surface area contributed by atoms with Crippen LogP contribution in [0.1, 0.15) is 16.8 Å². The van der Waals surface area contributed by atoms with Crippen LogP contribution >= 0.6 is 0 Å². The molecule has 1 fully saturated rings. The molecule has 1 aliphatic rings. The van der Waals surface area contributed by atoms with Gasteiger partial charge < -0.3 is 20.6 Å². The van der Waals surface area contributed by atoms with Crippen LogP contribution in [0.3, 0.4) is 0 Å². The number of hydrogen-bond acceptors (Lipinski definition) is 3. The summed E-state index contributed by atoms with van der Waals surface area (Å²) in [6, 6.07) is 0.477. The molecule has 1 atom stereocenters. The van der Waals surface area contributed by atoms with Gasteiger partial charge in [0.15, 0.2) is 0 Å². The highest BCUT2D eigenvalue weighted by molar-refractivity contribution is 5.93. The first-order chi connectivity index (χ1) is 9.86. The zero-order chi connectivity index (χ0) is 15.6. The van der Waals surface area contributed by atoms with E-state index in [-0.39, 0.29) is 11.7 Å². The van der Waals surface area contributed by atoms with E-state index in [4.69, 9.17) is 5.11 Å². The largest absolute Gasteiger partial charge is 0.478 e. The van der Waals surface area contributed by atoms with Gasteiger partial charge in [-0.2, -0.15) is 0 Å². The van der Waals surface area contributed by atoms with Gasteiger partial charge in [0.05, 0.1) is 11.3 Å². The number of carboxylic acids is 1. The van der Waals surface area contributed by atoms with Crippen molar-refractivity contribution in [3.8, 4) is 0 Å². The molecule has 1 heterocycles. The van der Waals surface area contributed by atoms with E-state index in [1.165, 1.54) is 0 Å². The monoisotopic (exact) mass is 299 g/mol. The number of aromatic carboxylic acids is 1. The summed E-state index contributed by atoms with van der Waals surface area (Å²) in [6.45, 7) is 1.53. The number of urea groups is 1. The fourth-order valence-electron chi connectivity index (χ4n) is 2.21. The Morgan fingerprint density at radius 3 is 2.62 bits per heavy atom. The summed E-state index contributed by atoms with van der Waals surface area (Å²) < 4.78 is 26.8. The lowest BCUT2D eigenvalue weighted by atomic mass is 10.2. The number of likely N-dealkylation sites (tertiary alicyclic amines) is 1. The lowest BCUT2D eigenvalue weighted by Gasteiger charge is -2.14. The number of nitrogens with zero attached hydrogens (tertiary/aromatic N) is 1. The molecule has 1 saturated heterocycles. The number of nitrogens with one attached hydrogen (secondary N) is 2. The molecule has 8 heteroatoms. The lowest BCUT2D eigenvalue weighted by Crippen LogP contribution is -2.39. The topological polar surface area (TPSA) is 81.7 Å². The average Bonchev–Trinajstić information content (AvgIpc) is 2.77. The molecule has 2 amide bonds. The molecule has 0 spiro atoms. The second-order valence-electron chi connectivity index (χ2n) is 4.96. The van der Waals surface area contributed by atoms with Gasteiger partial charge in [0.1, 0.15) is 11.6 Å². The van der Waals surface area contributed by atoms with E-state index in [0.717, 1.165) is 19.0 Å². The van der Waals surface area contributed by atoms with Gasteiger partial charge in [-0.15, -0.1) is 0 Å². The highest BCUT2D eigenvalue weighted by Gasteiger charge is 2.22. The van der Waals surface area contributed by atoms with Crippen LogP contribution < -0.4 is 10.6 Å². The van der Waals surface area contributed by atoms with E-state index in [0.29, 0.717) is 12.6 Å². The van der Waals surface area contributed by atoms with E-state index in [9.17, 15) is 18.4 Å². The number of carbonyl (C=O) groups is 2. The summed E-state index contributed by atoms with van der Waals surface area (Å²) in [5.41, 5.74) is -1.08. The Morgan fingerprint density at radius 1 is 1.33 bits per heavy atom. The summed E-state index contributed by atoms with van der Waals surface area (Å²) in [5, 5.41) is 13.6. The molecule has 6 nitrogen and oxygen atoms in total. The molecular formula is C13H15F2N3O3. The molecule has 0 bridgehead atoms. The number of anilines is 1. The molecule has 0 aromatic heterocycles. The van der Waals surface area contributed by atoms with Crippen LogP contribution in [0.2, 0.25) is 0 Å². The standard InChI is InChI=1S/C13H15F2N3O3/c1-18-3-2-7(6-18)16-13(21)17-11-4-8(12(19)20)9(14)5-10(11)15/h4-5,7H,2-3,6H2,1H3,(H,19,20)(H2,16,17,21). The third-order valence-corrected chi connectivity index (χ3v) is 3.26. The van der Waals surface area contributed by atoms with Gasteiger partial charge in [0, 0.05) is 18.7 Å².